The van der Waals surface area contributed by atoms with Crippen LogP contribution in [0.5, 0.6) is 0 Å². The topological polar surface area (TPSA) is 76.5 Å². The number of H-pyrrole nitrogens is 1. The Morgan fingerprint density at radius 1 is 1.07 bits per heavy atom. The van der Waals surface area contributed by atoms with Gasteiger partial charge >= 0.3 is 6.18 Å². The van der Waals surface area contributed by atoms with E-state index in [-0.39, 0.29) is 5.56 Å². The summed E-state index contributed by atoms with van der Waals surface area (Å²) < 4.78 is 40.3. The van der Waals surface area contributed by atoms with E-state index in [2.05, 4.69) is 20.3 Å². The summed E-state index contributed by atoms with van der Waals surface area (Å²) in [6, 6.07) is 4.95. The average Bonchev–Trinajstić information content (AvgIpc) is 3.03. The molecule has 0 spiro atoms. The predicted octanol–water partition coefficient (Wildman–Crippen LogP) is 3.45. The van der Waals surface area contributed by atoms with Crippen LogP contribution >= 0.6 is 0 Å². The van der Waals surface area contributed by atoms with E-state index in [0.717, 1.165) is 12.1 Å². The Morgan fingerprint density at radius 3 is 2.37 bits per heavy atom. The van der Waals surface area contributed by atoms with Gasteiger partial charge in [-0.1, -0.05) is 11.3 Å². The highest BCUT2D eigenvalue weighted by atomic mass is 19.4. The van der Waals surface area contributed by atoms with E-state index in [9.17, 15) is 18.0 Å². The molecule has 1 aromatic carbocycles. The molecule has 9 heteroatoms. The van der Waals surface area contributed by atoms with E-state index in [1.165, 1.54) is 12.1 Å². The third-order valence-electron chi connectivity index (χ3n) is 4.40. The molecule has 2 aromatic heterocycles. The van der Waals surface area contributed by atoms with Gasteiger partial charge in [-0.05, 0) is 51.0 Å². The standard InChI is InChI=1S/C18H18F3N5O/c1-10-7-12(18(19,20)21)5-6-13(10)17(3,4)26-9-15(24-25-26)14-8-16(27)23-11(2)22-14/h5-9H,1-4H3,(H,22,23,27). The van der Waals surface area contributed by atoms with E-state index in [4.69, 9.17) is 0 Å². The summed E-state index contributed by atoms with van der Waals surface area (Å²) in [6.07, 6.45) is -2.77. The number of hydrogen-bond donors (Lipinski definition) is 1. The van der Waals surface area contributed by atoms with Crippen LogP contribution in [0.1, 0.15) is 36.4 Å². The molecular formula is C18H18F3N5O. The van der Waals surface area contributed by atoms with E-state index >= 15 is 0 Å². The average molecular weight is 377 g/mol. The van der Waals surface area contributed by atoms with Crippen molar-refractivity contribution < 1.29 is 13.2 Å². The predicted molar refractivity (Wildman–Crippen MR) is 93.2 cm³/mol. The fraction of sp³-hybridized carbons (Fsp3) is 0.333. The quantitative estimate of drug-likeness (QED) is 0.759. The number of halogens is 3. The van der Waals surface area contributed by atoms with Crippen molar-refractivity contribution in [2.45, 2.75) is 39.4 Å². The number of nitrogens with one attached hydrogen (secondary N) is 1. The SMILES string of the molecule is Cc1nc(-c2cn(C(C)(C)c3ccc(C(F)(F)F)cc3C)nn2)cc(=O)[nH]1. The van der Waals surface area contributed by atoms with Crippen LogP contribution in [-0.2, 0) is 11.7 Å². The highest BCUT2D eigenvalue weighted by Gasteiger charge is 2.33. The highest BCUT2D eigenvalue weighted by molar-refractivity contribution is 5.51. The second kappa shape index (κ2) is 6.33. The van der Waals surface area contributed by atoms with Gasteiger partial charge in [-0.3, -0.25) is 4.79 Å². The smallest absolute Gasteiger partial charge is 0.311 e. The first kappa shape index (κ1) is 18.8. The van der Waals surface area contributed by atoms with Crippen molar-refractivity contribution in [2.75, 3.05) is 0 Å². The van der Waals surface area contributed by atoms with E-state index in [0.29, 0.717) is 28.3 Å². The molecule has 2 heterocycles. The summed E-state index contributed by atoms with van der Waals surface area (Å²) >= 11 is 0. The molecule has 0 saturated carbocycles. The fourth-order valence-corrected chi connectivity index (χ4v) is 3.01. The van der Waals surface area contributed by atoms with Crippen molar-refractivity contribution in [3.8, 4) is 11.4 Å². The maximum atomic E-state index is 12.9. The maximum absolute atomic E-state index is 12.9. The summed E-state index contributed by atoms with van der Waals surface area (Å²) in [4.78, 5) is 18.4. The number of nitrogens with zero attached hydrogens (tertiary/aromatic N) is 4. The molecule has 0 fully saturated rings. The first-order valence-corrected chi connectivity index (χ1v) is 8.18. The number of benzene rings is 1. The molecule has 27 heavy (non-hydrogen) atoms. The molecule has 0 atom stereocenters. The number of aromatic nitrogens is 5. The minimum Gasteiger partial charge on any atom is -0.311 e. The molecule has 0 radical (unpaired) electrons. The molecule has 1 N–H and O–H groups in total. The van der Waals surface area contributed by atoms with Crippen molar-refractivity contribution in [3.63, 3.8) is 0 Å². The molecule has 3 rings (SSSR count). The molecule has 0 aliphatic rings. The van der Waals surface area contributed by atoms with E-state index < -0.39 is 17.3 Å². The maximum Gasteiger partial charge on any atom is 0.416 e. The first-order chi connectivity index (χ1) is 12.5. The number of alkyl halides is 3. The number of rotatable bonds is 3. The Balaban J connectivity index is 2.01. The highest BCUT2D eigenvalue weighted by Crippen LogP contribution is 2.34. The number of hydrogen-bond acceptors (Lipinski definition) is 4. The number of aryl methyl sites for hydroxylation is 2. The number of aromatic amines is 1. The van der Waals surface area contributed by atoms with E-state index in [1.54, 1.807) is 24.7 Å². The zero-order valence-corrected chi connectivity index (χ0v) is 15.2. The van der Waals surface area contributed by atoms with Gasteiger partial charge < -0.3 is 4.98 Å². The monoisotopic (exact) mass is 377 g/mol. The first-order valence-electron chi connectivity index (χ1n) is 8.18. The van der Waals surface area contributed by atoms with Crippen molar-refractivity contribution in [2.24, 2.45) is 0 Å². The lowest BCUT2D eigenvalue weighted by Crippen LogP contribution is -2.29. The van der Waals surface area contributed by atoms with Gasteiger partial charge in [-0.2, -0.15) is 13.2 Å². The normalized spacial score (nSPS) is 12.4. The molecule has 0 saturated heterocycles. The molecule has 3 aromatic rings. The molecular weight excluding hydrogens is 359 g/mol. The largest absolute Gasteiger partial charge is 0.416 e. The van der Waals surface area contributed by atoms with Crippen molar-refractivity contribution >= 4 is 0 Å². The second-order valence-electron chi connectivity index (χ2n) is 6.85. The van der Waals surface area contributed by atoms with Crippen LogP contribution in [0.2, 0.25) is 0 Å². The third kappa shape index (κ3) is 3.62. The van der Waals surface area contributed by atoms with Gasteiger partial charge in [0.05, 0.1) is 23.0 Å². The Kier molecular flexibility index (Phi) is 4.41. The minimum atomic E-state index is -4.39. The Bertz CT molecular complexity index is 1050. The third-order valence-corrected chi connectivity index (χ3v) is 4.40. The van der Waals surface area contributed by atoms with Crippen LogP contribution in [-0.4, -0.2) is 25.0 Å². The summed E-state index contributed by atoms with van der Waals surface area (Å²) in [5.74, 6) is 0.449. The van der Waals surface area contributed by atoms with Crippen molar-refractivity contribution in [3.05, 3.63) is 63.3 Å². The van der Waals surface area contributed by atoms with Gasteiger partial charge in [0.15, 0.2) is 0 Å². The van der Waals surface area contributed by atoms with Crippen LogP contribution in [0.15, 0.2) is 35.3 Å². The Morgan fingerprint density at radius 2 is 1.78 bits per heavy atom. The van der Waals surface area contributed by atoms with Crippen LogP contribution < -0.4 is 5.56 Å². The Hall–Kier alpha value is -2.97. The molecule has 0 aliphatic heterocycles. The van der Waals surface area contributed by atoms with Crippen molar-refractivity contribution in [1.29, 1.82) is 0 Å². The van der Waals surface area contributed by atoms with Gasteiger partial charge in [0, 0.05) is 6.07 Å². The fourth-order valence-electron chi connectivity index (χ4n) is 3.01. The zero-order valence-electron chi connectivity index (χ0n) is 15.2. The lowest BCUT2D eigenvalue weighted by Gasteiger charge is -2.27. The minimum absolute atomic E-state index is 0.301. The van der Waals surface area contributed by atoms with Gasteiger partial charge in [-0.15, -0.1) is 5.10 Å². The van der Waals surface area contributed by atoms with E-state index in [1.807, 2.05) is 13.8 Å². The van der Waals surface area contributed by atoms with Gasteiger partial charge in [0.1, 0.15) is 11.5 Å². The van der Waals surface area contributed by atoms with Crippen molar-refractivity contribution in [1.82, 2.24) is 25.0 Å². The lowest BCUT2D eigenvalue weighted by molar-refractivity contribution is -0.137. The van der Waals surface area contributed by atoms with Crippen LogP contribution in [0, 0.1) is 13.8 Å². The summed E-state index contributed by atoms with van der Waals surface area (Å²) in [5, 5.41) is 8.17. The summed E-state index contributed by atoms with van der Waals surface area (Å²) in [5.41, 5.74) is 0.214. The molecule has 142 valence electrons. The summed E-state index contributed by atoms with van der Waals surface area (Å²) in [7, 11) is 0. The Labute approximate surface area is 153 Å². The van der Waals surface area contributed by atoms with Gasteiger partial charge in [0.2, 0.25) is 0 Å². The molecule has 0 unspecified atom stereocenters. The van der Waals surface area contributed by atoms with Crippen LogP contribution in [0.4, 0.5) is 13.2 Å². The molecule has 6 nitrogen and oxygen atoms in total. The lowest BCUT2D eigenvalue weighted by atomic mass is 9.89. The zero-order chi connectivity index (χ0) is 20.0. The molecule has 0 aliphatic carbocycles. The van der Waals surface area contributed by atoms with Crippen LogP contribution in [0.25, 0.3) is 11.4 Å². The van der Waals surface area contributed by atoms with Gasteiger partial charge in [-0.25, -0.2) is 9.67 Å². The second-order valence-corrected chi connectivity index (χ2v) is 6.85. The molecule has 0 bridgehead atoms. The van der Waals surface area contributed by atoms with Crippen LogP contribution in [0.3, 0.4) is 0 Å². The summed E-state index contributed by atoms with van der Waals surface area (Å²) in [6.45, 7) is 6.95. The molecule has 0 amide bonds. The van der Waals surface area contributed by atoms with Gasteiger partial charge in [0.25, 0.3) is 5.56 Å².